The average Bonchev–Trinajstić information content (AvgIpc) is 3.56. The topological polar surface area (TPSA) is 275 Å². The van der Waals surface area contributed by atoms with Crippen molar-refractivity contribution in [2.75, 3.05) is 0 Å². The van der Waals surface area contributed by atoms with Crippen molar-refractivity contribution in [3.8, 4) is 0 Å². The number of nitrogens with zero attached hydrogens (tertiary/aromatic N) is 1. The van der Waals surface area contributed by atoms with Gasteiger partial charge in [0.2, 0.25) is 23.6 Å². The number of amides is 4. The molecule has 4 amide bonds. The molecule has 16 nitrogen and oxygen atoms in total. The summed E-state index contributed by atoms with van der Waals surface area (Å²) in [7, 11) is 0. The van der Waals surface area contributed by atoms with Gasteiger partial charge in [-0.15, -0.1) is 0 Å². The van der Waals surface area contributed by atoms with Crippen molar-refractivity contribution in [2.45, 2.75) is 49.9 Å². The van der Waals surface area contributed by atoms with Crippen LogP contribution >= 0.6 is 0 Å². The van der Waals surface area contributed by atoms with Crippen LogP contribution in [0, 0.1) is 0 Å². The minimum Gasteiger partial charge on any atom is -0.481 e. The predicted octanol–water partition coefficient (Wildman–Crippen LogP) is -2.11. The maximum absolute atomic E-state index is 13.0. The summed E-state index contributed by atoms with van der Waals surface area (Å²) in [5.41, 5.74) is 12.9. The molecule has 1 aromatic carbocycles. The van der Waals surface area contributed by atoms with Crippen LogP contribution in [0.1, 0.15) is 24.1 Å². The van der Waals surface area contributed by atoms with Crippen molar-refractivity contribution in [3.05, 3.63) is 54.2 Å². The molecule has 0 spiro atoms. The summed E-state index contributed by atoms with van der Waals surface area (Å²) < 4.78 is 0. The molecule has 0 saturated carbocycles. The number of benzene rings is 1. The van der Waals surface area contributed by atoms with Crippen molar-refractivity contribution < 1.29 is 39.0 Å². The molecule has 2 heterocycles. The molecule has 2 aromatic heterocycles. The fourth-order valence-electron chi connectivity index (χ4n) is 4.06. The van der Waals surface area contributed by atoms with E-state index in [0.29, 0.717) is 11.3 Å². The maximum Gasteiger partial charge on any atom is 0.326 e. The zero-order valence-corrected chi connectivity index (χ0v) is 21.6. The van der Waals surface area contributed by atoms with E-state index in [1.165, 1.54) is 12.5 Å². The number of aliphatic carboxylic acids is 2. The van der Waals surface area contributed by atoms with Gasteiger partial charge in [-0.05, 0) is 11.6 Å². The highest BCUT2D eigenvalue weighted by atomic mass is 16.4. The lowest BCUT2D eigenvalue weighted by atomic mass is 10.0. The Labute approximate surface area is 232 Å². The molecule has 0 aliphatic heterocycles. The molecule has 11 N–H and O–H groups in total. The third-order valence-electron chi connectivity index (χ3n) is 6.10. The lowest BCUT2D eigenvalue weighted by molar-refractivity contribution is -0.143. The number of para-hydroxylation sites is 1. The minimum atomic E-state index is -1.75. The summed E-state index contributed by atoms with van der Waals surface area (Å²) in [4.78, 5) is 83.2. The van der Waals surface area contributed by atoms with E-state index >= 15 is 0 Å². The fourth-order valence-corrected chi connectivity index (χ4v) is 4.06. The van der Waals surface area contributed by atoms with Gasteiger partial charge >= 0.3 is 11.9 Å². The van der Waals surface area contributed by atoms with Crippen LogP contribution in [0.15, 0.2) is 43.0 Å². The van der Waals surface area contributed by atoms with E-state index in [4.69, 9.17) is 11.5 Å². The van der Waals surface area contributed by atoms with Crippen molar-refractivity contribution in [3.63, 3.8) is 0 Å². The molecular formula is C25H30N8O8. The smallest absolute Gasteiger partial charge is 0.326 e. The Hall–Kier alpha value is -5.25. The number of carboxylic acids is 2. The Balaban J connectivity index is 1.72. The second kappa shape index (κ2) is 13.7. The van der Waals surface area contributed by atoms with Crippen LogP contribution in [-0.4, -0.2) is 84.9 Å². The monoisotopic (exact) mass is 570 g/mol. The van der Waals surface area contributed by atoms with Gasteiger partial charge in [0, 0.05) is 41.8 Å². The molecule has 0 aliphatic rings. The number of aromatic amines is 2. The minimum absolute atomic E-state index is 0.0216. The second-order valence-corrected chi connectivity index (χ2v) is 9.24. The van der Waals surface area contributed by atoms with Gasteiger partial charge in [-0.25, -0.2) is 9.78 Å². The van der Waals surface area contributed by atoms with E-state index in [2.05, 4.69) is 30.9 Å². The molecule has 0 bridgehead atoms. The van der Waals surface area contributed by atoms with E-state index in [1.54, 1.807) is 30.5 Å². The number of carboxylic acid groups (broad SMARTS) is 2. The molecule has 41 heavy (non-hydrogen) atoms. The van der Waals surface area contributed by atoms with Crippen molar-refractivity contribution >= 4 is 46.5 Å². The number of nitrogens with two attached hydrogens (primary N) is 2. The van der Waals surface area contributed by atoms with Gasteiger partial charge in [-0.2, -0.15) is 0 Å². The Bertz CT molecular complexity index is 1420. The number of nitrogens with one attached hydrogen (secondary N) is 5. The van der Waals surface area contributed by atoms with E-state index in [9.17, 15) is 39.0 Å². The summed E-state index contributed by atoms with van der Waals surface area (Å²) >= 11 is 0. The molecule has 0 radical (unpaired) electrons. The maximum atomic E-state index is 13.0. The van der Waals surface area contributed by atoms with Crippen molar-refractivity contribution in [1.82, 2.24) is 30.9 Å². The van der Waals surface area contributed by atoms with Gasteiger partial charge in [0.05, 0.1) is 25.2 Å². The molecular weight excluding hydrogens is 540 g/mol. The highest BCUT2D eigenvalue weighted by Crippen LogP contribution is 2.19. The summed E-state index contributed by atoms with van der Waals surface area (Å²) in [6, 6.07) is 1.13. The van der Waals surface area contributed by atoms with Crippen LogP contribution in [0.2, 0.25) is 0 Å². The zero-order chi connectivity index (χ0) is 30.1. The van der Waals surface area contributed by atoms with Gasteiger partial charge in [0.15, 0.2) is 0 Å². The number of fused-ring (bicyclic) bond motifs is 1. The molecule has 4 unspecified atom stereocenters. The first kappa shape index (κ1) is 30.3. The summed E-state index contributed by atoms with van der Waals surface area (Å²) in [6.45, 7) is 0. The fraction of sp³-hybridized carbons (Fsp3) is 0.320. The van der Waals surface area contributed by atoms with Crippen LogP contribution in [-0.2, 0) is 41.6 Å². The molecule has 0 fully saturated rings. The van der Waals surface area contributed by atoms with Crippen LogP contribution in [0.5, 0.6) is 0 Å². The highest BCUT2D eigenvalue weighted by molar-refractivity contribution is 5.97. The van der Waals surface area contributed by atoms with Crippen LogP contribution in [0.3, 0.4) is 0 Å². The number of hydrogen-bond donors (Lipinski definition) is 9. The summed E-state index contributed by atoms with van der Waals surface area (Å²) in [5, 5.41) is 26.5. The van der Waals surface area contributed by atoms with Crippen molar-refractivity contribution in [1.29, 1.82) is 0 Å². The number of hydrogen-bond acceptors (Lipinski definition) is 8. The van der Waals surface area contributed by atoms with Crippen LogP contribution in [0.4, 0.5) is 0 Å². The molecule has 4 atom stereocenters. The van der Waals surface area contributed by atoms with E-state index in [-0.39, 0.29) is 12.8 Å². The average molecular weight is 571 g/mol. The summed E-state index contributed by atoms with van der Waals surface area (Å²) in [5.74, 6) is -6.88. The number of carbonyl (C=O) groups excluding carboxylic acids is 4. The molecule has 3 aromatic rings. The van der Waals surface area contributed by atoms with Crippen LogP contribution in [0.25, 0.3) is 10.9 Å². The number of carbonyl (C=O) groups is 6. The van der Waals surface area contributed by atoms with E-state index < -0.39 is 72.6 Å². The molecule has 218 valence electrons. The zero-order valence-electron chi connectivity index (χ0n) is 21.6. The van der Waals surface area contributed by atoms with Gasteiger partial charge < -0.3 is 47.6 Å². The number of imidazole rings is 1. The van der Waals surface area contributed by atoms with Gasteiger partial charge in [-0.1, -0.05) is 18.2 Å². The third-order valence-corrected chi connectivity index (χ3v) is 6.10. The number of H-pyrrole nitrogens is 2. The molecule has 16 heteroatoms. The summed E-state index contributed by atoms with van der Waals surface area (Å²) in [6.07, 6.45) is 2.69. The standard InChI is InChI=1S/C25H30N8O8/c26-15(6-13-10-28-11-30-13)22(37)31-17(7-20(27)34)23(38)32-18(8-21(35)36)24(39)33-19(25(40)41)5-12-9-29-16-4-2-1-3-14(12)16/h1-4,9-11,15,17-19,29H,5-8,26H2,(H2,27,34)(H,28,30)(H,31,37)(H,32,38)(H,33,39)(H,35,36)(H,40,41). The second-order valence-electron chi connectivity index (χ2n) is 9.24. The SMILES string of the molecule is NC(=O)CC(NC(=O)C(N)Cc1cnc[nH]1)C(=O)NC(CC(=O)O)C(=O)NC(Cc1c[nH]c2ccccc12)C(=O)O. The quantitative estimate of drug-likeness (QED) is 0.0959. The number of primary amides is 1. The lowest BCUT2D eigenvalue weighted by Crippen LogP contribution is -2.58. The Morgan fingerprint density at radius 3 is 2.10 bits per heavy atom. The molecule has 3 rings (SSSR count). The molecule has 0 aliphatic carbocycles. The number of rotatable bonds is 15. The van der Waals surface area contributed by atoms with Gasteiger partial charge in [0.1, 0.15) is 18.1 Å². The number of aromatic nitrogens is 3. The molecule has 0 saturated heterocycles. The van der Waals surface area contributed by atoms with E-state index in [0.717, 1.165) is 10.9 Å². The Morgan fingerprint density at radius 2 is 1.49 bits per heavy atom. The first-order valence-electron chi connectivity index (χ1n) is 12.4. The largest absolute Gasteiger partial charge is 0.481 e. The Morgan fingerprint density at radius 1 is 0.854 bits per heavy atom. The van der Waals surface area contributed by atoms with Gasteiger partial charge in [-0.3, -0.25) is 24.0 Å². The van der Waals surface area contributed by atoms with E-state index in [1.807, 2.05) is 0 Å². The van der Waals surface area contributed by atoms with Crippen molar-refractivity contribution in [2.24, 2.45) is 11.5 Å². The van der Waals surface area contributed by atoms with Crippen LogP contribution < -0.4 is 27.4 Å². The lowest BCUT2D eigenvalue weighted by Gasteiger charge is -2.24. The first-order chi connectivity index (χ1) is 19.4. The highest BCUT2D eigenvalue weighted by Gasteiger charge is 2.32. The Kier molecular flexibility index (Phi) is 10.1. The van der Waals surface area contributed by atoms with Gasteiger partial charge in [0.25, 0.3) is 0 Å². The normalized spacial score (nSPS) is 13.9. The first-order valence-corrected chi connectivity index (χ1v) is 12.4. The predicted molar refractivity (Wildman–Crippen MR) is 142 cm³/mol. The third kappa shape index (κ3) is 8.62.